The molecule has 112 valence electrons. The van der Waals surface area contributed by atoms with Gasteiger partial charge in [0.2, 0.25) is 5.92 Å². The van der Waals surface area contributed by atoms with Crippen molar-refractivity contribution in [3.63, 3.8) is 0 Å². The van der Waals surface area contributed by atoms with Crippen molar-refractivity contribution in [3.05, 3.63) is 0 Å². The molecule has 19 heavy (non-hydrogen) atoms. The van der Waals surface area contributed by atoms with E-state index in [2.05, 4.69) is 5.32 Å². The molecular formula is C13H23F2NO3. The molecule has 0 radical (unpaired) electrons. The second-order valence-corrected chi connectivity index (χ2v) is 5.98. The first-order chi connectivity index (χ1) is 8.89. The fourth-order valence-electron chi connectivity index (χ4n) is 2.85. The SMILES string of the molecule is OC(CNCC1CC(F)(F)C1)CC1(O)CCOCC1. The van der Waals surface area contributed by atoms with Crippen molar-refractivity contribution in [1.29, 1.82) is 0 Å². The van der Waals surface area contributed by atoms with Crippen molar-refractivity contribution >= 4 is 0 Å². The van der Waals surface area contributed by atoms with Crippen LogP contribution in [0.1, 0.15) is 32.1 Å². The minimum absolute atomic E-state index is 0.00775. The Morgan fingerprint density at radius 2 is 1.89 bits per heavy atom. The lowest BCUT2D eigenvalue weighted by Crippen LogP contribution is -2.44. The van der Waals surface area contributed by atoms with E-state index in [1.165, 1.54) is 0 Å². The summed E-state index contributed by atoms with van der Waals surface area (Å²) >= 11 is 0. The lowest BCUT2D eigenvalue weighted by Gasteiger charge is -2.36. The van der Waals surface area contributed by atoms with E-state index in [4.69, 9.17) is 4.74 Å². The molecule has 0 aromatic heterocycles. The molecular weight excluding hydrogens is 256 g/mol. The summed E-state index contributed by atoms with van der Waals surface area (Å²) in [4.78, 5) is 0. The van der Waals surface area contributed by atoms with Crippen molar-refractivity contribution in [2.24, 2.45) is 5.92 Å². The van der Waals surface area contributed by atoms with Gasteiger partial charge in [-0.1, -0.05) is 0 Å². The smallest absolute Gasteiger partial charge is 0.248 e. The summed E-state index contributed by atoms with van der Waals surface area (Å²) < 4.78 is 30.4. The third-order valence-electron chi connectivity index (χ3n) is 4.03. The van der Waals surface area contributed by atoms with Crippen molar-refractivity contribution in [2.75, 3.05) is 26.3 Å². The quantitative estimate of drug-likeness (QED) is 0.676. The maximum Gasteiger partial charge on any atom is 0.248 e. The van der Waals surface area contributed by atoms with E-state index in [1.807, 2.05) is 0 Å². The van der Waals surface area contributed by atoms with Gasteiger partial charge in [0.1, 0.15) is 0 Å². The second kappa shape index (κ2) is 5.99. The summed E-state index contributed by atoms with van der Waals surface area (Å²) in [5.41, 5.74) is -0.844. The number of halogens is 2. The van der Waals surface area contributed by atoms with Crippen molar-refractivity contribution in [3.8, 4) is 0 Å². The zero-order valence-electron chi connectivity index (χ0n) is 11.1. The first kappa shape index (κ1) is 15.1. The number of alkyl halides is 2. The van der Waals surface area contributed by atoms with Gasteiger partial charge in [-0.25, -0.2) is 8.78 Å². The summed E-state index contributed by atoms with van der Waals surface area (Å²) in [5, 5.41) is 23.1. The fourth-order valence-corrected chi connectivity index (χ4v) is 2.85. The van der Waals surface area contributed by atoms with Crippen LogP contribution in [0, 0.1) is 5.92 Å². The van der Waals surface area contributed by atoms with E-state index in [-0.39, 0.29) is 18.8 Å². The Hall–Kier alpha value is -0.300. The molecule has 0 aromatic rings. The third-order valence-corrected chi connectivity index (χ3v) is 4.03. The predicted octanol–water partition coefficient (Wildman–Crippen LogP) is 0.914. The van der Waals surface area contributed by atoms with Crippen LogP contribution in [0.25, 0.3) is 0 Å². The van der Waals surface area contributed by atoms with E-state index in [1.54, 1.807) is 0 Å². The van der Waals surface area contributed by atoms with Crippen LogP contribution in [0.5, 0.6) is 0 Å². The number of aliphatic hydroxyl groups is 2. The topological polar surface area (TPSA) is 61.7 Å². The van der Waals surface area contributed by atoms with E-state index in [0.29, 0.717) is 45.6 Å². The Kier molecular flexibility index (Phi) is 4.76. The van der Waals surface area contributed by atoms with Crippen LogP contribution in [-0.2, 0) is 4.74 Å². The highest BCUT2D eigenvalue weighted by molar-refractivity contribution is 4.88. The number of ether oxygens (including phenoxy) is 1. The zero-order valence-corrected chi connectivity index (χ0v) is 11.1. The van der Waals surface area contributed by atoms with E-state index in [0.717, 1.165) is 0 Å². The molecule has 2 rings (SSSR count). The molecule has 4 nitrogen and oxygen atoms in total. The third kappa shape index (κ3) is 4.63. The monoisotopic (exact) mass is 279 g/mol. The highest BCUT2D eigenvalue weighted by atomic mass is 19.3. The molecule has 1 unspecified atom stereocenters. The van der Waals surface area contributed by atoms with Crippen LogP contribution in [-0.4, -0.2) is 54.1 Å². The second-order valence-electron chi connectivity index (χ2n) is 5.98. The van der Waals surface area contributed by atoms with Crippen LogP contribution < -0.4 is 5.32 Å². The molecule has 0 spiro atoms. The molecule has 1 saturated carbocycles. The summed E-state index contributed by atoms with van der Waals surface area (Å²) in [7, 11) is 0. The molecule has 0 amide bonds. The molecule has 1 heterocycles. The summed E-state index contributed by atoms with van der Waals surface area (Å²) in [6, 6.07) is 0. The number of rotatable bonds is 6. The van der Waals surface area contributed by atoms with E-state index in [9.17, 15) is 19.0 Å². The molecule has 3 N–H and O–H groups in total. The lowest BCUT2D eigenvalue weighted by atomic mass is 9.81. The molecule has 1 saturated heterocycles. The van der Waals surface area contributed by atoms with Gasteiger partial charge in [-0.2, -0.15) is 0 Å². The van der Waals surface area contributed by atoms with Crippen molar-refractivity contribution in [2.45, 2.75) is 49.7 Å². The summed E-state index contributed by atoms with van der Waals surface area (Å²) in [6.45, 7) is 1.89. The van der Waals surface area contributed by atoms with Gasteiger partial charge in [-0.3, -0.25) is 0 Å². The minimum Gasteiger partial charge on any atom is -0.392 e. The molecule has 0 bridgehead atoms. The zero-order chi connectivity index (χ0) is 13.9. The first-order valence-electron chi connectivity index (χ1n) is 6.95. The lowest BCUT2D eigenvalue weighted by molar-refractivity contribution is -0.109. The minimum atomic E-state index is -2.48. The molecule has 2 aliphatic rings. The number of hydrogen-bond donors (Lipinski definition) is 3. The van der Waals surface area contributed by atoms with Gasteiger partial charge in [-0.05, 0) is 25.3 Å². The molecule has 2 fully saturated rings. The van der Waals surface area contributed by atoms with E-state index < -0.39 is 17.6 Å². The van der Waals surface area contributed by atoms with Gasteiger partial charge >= 0.3 is 0 Å². The average Bonchev–Trinajstić information content (AvgIpc) is 2.26. The number of hydrogen-bond acceptors (Lipinski definition) is 4. The highest BCUT2D eigenvalue weighted by Gasteiger charge is 2.44. The largest absolute Gasteiger partial charge is 0.392 e. The molecule has 1 aliphatic carbocycles. The van der Waals surface area contributed by atoms with E-state index >= 15 is 0 Å². The normalized spacial score (nSPS) is 27.8. The Labute approximate surface area is 112 Å². The fraction of sp³-hybridized carbons (Fsp3) is 1.00. The molecule has 0 aromatic carbocycles. The Morgan fingerprint density at radius 3 is 2.47 bits per heavy atom. The number of aliphatic hydroxyl groups excluding tert-OH is 1. The highest BCUT2D eigenvalue weighted by Crippen LogP contribution is 2.41. The molecule has 6 heteroatoms. The Morgan fingerprint density at radius 1 is 1.26 bits per heavy atom. The average molecular weight is 279 g/mol. The van der Waals surface area contributed by atoms with Crippen LogP contribution in [0.15, 0.2) is 0 Å². The van der Waals surface area contributed by atoms with Crippen molar-refractivity contribution in [1.82, 2.24) is 5.32 Å². The van der Waals surface area contributed by atoms with Gasteiger partial charge in [0.05, 0.1) is 11.7 Å². The first-order valence-corrected chi connectivity index (χ1v) is 6.95. The van der Waals surface area contributed by atoms with Gasteiger partial charge in [-0.15, -0.1) is 0 Å². The van der Waals surface area contributed by atoms with Crippen LogP contribution in [0.3, 0.4) is 0 Å². The van der Waals surface area contributed by atoms with Gasteiger partial charge in [0.15, 0.2) is 0 Å². The predicted molar refractivity (Wildman–Crippen MR) is 66.2 cm³/mol. The Bertz CT molecular complexity index is 288. The maximum absolute atomic E-state index is 12.6. The van der Waals surface area contributed by atoms with Crippen LogP contribution in [0.4, 0.5) is 8.78 Å². The maximum atomic E-state index is 12.6. The van der Waals surface area contributed by atoms with Gasteiger partial charge < -0.3 is 20.3 Å². The summed E-state index contributed by atoms with van der Waals surface area (Å²) in [5.74, 6) is -2.48. The molecule has 1 aliphatic heterocycles. The van der Waals surface area contributed by atoms with Gasteiger partial charge in [0, 0.05) is 39.0 Å². The van der Waals surface area contributed by atoms with Crippen LogP contribution in [0.2, 0.25) is 0 Å². The molecule has 1 atom stereocenters. The Balaban J connectivity index is 1.58. The van der Waals surface area contributed by atoms with Gasteiger partial charge in [0.25, 0.3) is 0 Å². The van der Waals surface area contributed by atoms with Crippen LogP contribution >= 0.6 is 0 Å². The standard InChI is InChI=1S/C13H23F2NO3/c14-13(15)5-10(6-13)8-16-9-11(17)7-12(18)1-3-19-4-2-12/h10-11,16-18H,1-9H2. The number of nitrogens with one attached hydrogen (secondary N) is 1. The van der Waals surface area contributed by atoms with Crippen molar-refractivity contribution < 1.29 is 23.7 Å². The summed E-state index contributed by atoms with van der Waals surface area (Å²) in [6.07, 6.45) is 0.625.